The first-order chi connectivity index (χ1) is 8.08. The van der Waals surface area contributed by atoms with E-state index >= 15 is 0 Å². The van der Waals surface area contributed by atoms with Crippen molar-refractivity contribution < 1.29 is 4.42 Å². The van der Waals surface area contributed by atoms with Gasteiger partial charge in [-0.3, -0.25) is 0 Å². The smallest absolute Gasteiger partial charge is 0.140 e. The highest BCUT2D eigenvalue weighted by Gasteiger charge is 2.13. The van der Waals surface area contributed by atoms with E-state index in [1.807, 2.05) is 26.0 Å². The molecular weight excluding hydrogens is 280 g/mol. The summed E-state index contributed by atoms with van der Waals surface area (Å²) in [6, 6.07) is 6.09. The minimum atomic E-state index is 0.165. The van der Waals surface area contributed by atoms with E-state index in [-0.39, 0.29) is 6.04 Å². The maximum atomic E-state index is 5.53. The van der Waals surface area contributed by atoms with Crippen molar-refractivity contribution in [3.8, 4) is 0 Å². The third-order valence-electron chi connectivity index (χ3n) is 2.66. The highest BCUT2D eigenvalue weighted by Crippen LogP contribution is 2.27. The third kappa shape index (κ3) is 2.69. The molecule has 0 amide bonds. The second kappa shape index (κ2) is 4.92. The fourth-order valence-corrected chi connectivity index (χ4v) is 2.22. The van der Waals surface area contributed by atoms with Gasteiger partial charge in [0.15, 0.2) is 0 Å². The molecular formula is C13H15BrN2O. The minimum absolute atomic E-state index is 0.165. The number of halogens is 1. The summed E-state index contributed by atoms with van der Waals surface area (Å²) in [6.07, 6.45) is 1.77. The van der Waals surface area contributed by atoms with Gasteiger partial charge in [0, 0.05) is 11.8 Å². The Hall–Kier alpha value is -1.29. The van der Waals surface area contributed by atoms with Crippen molar-refractivity contribution in [3.05, 3.63) is 46.0 Å². The zero-order valence-electron chi connectivity index (χ0n) is 10.1. The fraction of sp³-hybridized carbons (Fsp3) is 0.308. The highest BCUT2D eigenvalue weighted by molar-refractivity contribution is 9.10. The standard InChI is InChI=1S/C13H15BrN2O/c1-8-7-11(10(3)17-8)9(2)16-13-12(14)5-4-6-15-13/h4-7,9H,1-3H3,(H,15,16). The summed E-state index contributed by atoms with van der Waals surface area (Å²) in [4.78, 5) is 4.29. The van der Waals surface area contributed by atoms with Crippen LogP contribution in [0.1, 0.15) is 30.0 Å². The van der Waals surface area contributed by atoms with Gasteiger partial charge in [0.1, 0.15) is 17.3 Å². The van der Waals surface area contributed by atoms with E-state index in [4.69, 9.17) is 4.42 Å². The molecule has 17 heavy (non-hydrogen) atoms. The molecule has 0 aliphatic carbocycles. The van der Waals surface area contributed by atoms with Crippen LogP contribution >= 0.6 is 15.9 Å². The highest BCUT2D eigenvalue weighted by atomic mass is 79.9. The van der Waals surface area contributed by atoms with Crippen LogP contribution in [0.15, 0.2) is 33.3 Å². The quantitative estimate of drug-likeness (QED) is 0.921. The molecule has 90 valence electrons. The zero-order valence-corrected chi connectivity index (χ0v) is 11.7. The SMILES string of the molecule is Cc1cc(C(C)Nc2ncccc2Br)c(C)o1. The molecule has 0 aliphatic heterocycles. The van der Waals surface area contributed by atoms with E-state index in [0.29, 0.717) is 0 Å². The van der Waals surface area contributed by atoms with Crippen LogP contribution < -0.4 is 5.32 Å². The Morgan fingerprint density at radius 3 is 2.76 bits per heavy atom. The lowest BCUT2D eigenvalue weighted by molar-refractivity contribution is 0.499. The summed E-state index contributed by atoms with van der Waals surface area (Å²) < 4.78 is 6.49. The molecule has 2 aromatic heterocycles. The van der Waals surface area contributed by atoms with E-state index in [2.05, 4.69) is 39.2 Å². The lowest BCUT2D eigenvalue weighted by atomic mass is 10.1. The molecule has 0 fully saturated rings. The number of furan rings is 1. The van der Waals surface area contributed by atoms with E-state index < -0.39 is 0 Å². The number of rotatable bonds is 3. The Bertz CT molecular complexity index is 522. The molecule has 0 saturated carbocycles. The van der Waals surface area contributed by atoms with Crippen molar-refractivity contribution in [2.75, 3.05) is 5.32 Å². The molecule has 4 heteroatoms. The maximum Gasteiger partial charge on any atom is 0.140 e. The van der Waals surface area contributed by atoms with Gasteiger partial charge in [-0.1, -0.05) is 0 Å². The van der Waals surface area contributed by atoms with Gasteiger partial charge < -0.3 is 9.73 Å². The van der Waals surface area contributed by atoms with Crippen molar-refractivity contribution in [1.82, 2.24) is 4.98 Å². The van der Waals surface area contributed by atoms with Crippen LogP contribution in [0, 0.1) is 13.8 Å². The first kappa shape index (κ1) is 12.2. The predicted molar refractivity (Wildman–Crippen MR) is 72.2 cm³/mol. The van der Waals surface area contributed by atoms with Crippen LogP contribution in [0.5, 0.6) is 0 Å². The van der Waals surface area contributed by atoms with Crippen LogP contribution in [-0.4, -0.2) is 4.98 Å². The Morgan fingerprint density at radius 1 is 1.41 bits per heavy atom. The van der Waals surface area contributed by atoms with Crippen molar-refractivity contribution in [2.45, 2.75) is 26.8 Å². The summed E-state index contributed by atoms with van der Waals surface area (Å²) in [5.74, 6) is 2.74. The molecule has 1 atom stereocenters. The molecule has 0 spiro atoms. The molecule has 1 N–H and O–H groups in total. The molecule has 2 aromatic rings. The number of aromatic nitrogens is 1. The van der Waals surface area contributed by atoms with Crippen LogP contribution in [0.4, 0.5) is 5.82 Å². The van der Waals surface area contributed by atoms with Crippen LogP contribution in [-0.2, 0) is 0 Å². The van der Waals surface area contributed by atoms with Crippen molar-refractivity contribution in [3.63, 3.8) is 0 Å². The van der Waals surface area contributed by atoms with Gasteiger partial charge in [-0.15, -0.1) is 0 Å². The van der Waals surface area contributed by atoms with Crippen molar-refractivity contribution in [2.24, 2.45) is 0 Å². The molecule has 3 nitrogen and oxygen atoms in total. The normalized spacial score (nSPS) is 12.5. The average Bonchev–Trinajstić information content (AvgIpc) is 2.61. The van der Waals surface area contributed by atoms with Crippen molar-refractivity contribution in [1.29, 1.82) is 0 Å². The van der Waals surface area contributed by atoms with E-state index in [1.54, 1.807) is 6.20 Å². The molecule has 2 rings (SSSR count). The van der Waals surface area contributed by atoms with Gasteiger partial charge >= 0.3 is 0 Å². The van der Waals surface area contributed by atoms with E-state index in [0.717, 1.165) is 21.8 Å². The Balaban J connectivity index is 2.20. The van der Waals surface area contributed by atoms with E-state index in [1.165, 1.54) is 5.56 Å². The molecule has 0 saturated heterocycles. The number of nitrogens with zero attached hydrogens (tertiary/aromatic N) is 1. The summed E-state index contributed by atoms with van der Waals surface area (Å²) in [6.45, 7) is 6.03. The molecule has 0 aliphatic rings. The van der Waals surface area contributed by atoms with Gasteiger partial charge in [-0.2, -0.15) is 0 Å². The lowest BCUT2D eigenvalue weighted by Crippen LogP contribution is -2.08. The monoisotopic (exact) mass is 294 g/mol. The van der Waals surface area contributed by atoms with Gasteiger partial charge in [0.2, 0.25) is 0 Å². The second-order valence-electron chi connectivity index (χ2n) is 4.07. The first-order valence-corrected chi connectivity index (χ1v) is 6.31. The molecule has 2 heterocycles. The minimum Gasteiger partial charge on any atom is -0.466 e. The average molecular weight is 295 g/mol. The number of anilines is 1. The van der Waals surface area contributed by atoms with Crippen LogP contribution in [0.2, 0.25) is 0 Å². The Kier molecular flexibility index (Phi) is 3.52. The Morgan fingerprint density at radius 2 is 2.18 bits per heavy atom. The molecule has 1 unspecified atom stereocenters. The predicted octanol–water partition coefficient (Wildman–Crippen LogP) is 4.23. The summed E-state index contributed by atoms with van der Waals surface area (Å²) in [7, 11) is 0. The largest absolute Gasteiger partial charge is 0.466 e. The van der Waals surface area contributed by atoms with Gasteiger partial charge in [0.25, 0.3) is 0 Å². The number of nitrogens with one attached hydrogen (secondary N) is 1. The number of pyridine rings is 1. The topological polar surface area (TPSA) is 38.1 Å². The number of hydrogen-bond acceptors (Lipinski definition) is 3. The summed E-state index contributed by atoms with van der Waals surface area (Å²) in [5.41, 5.74) is 1.17. The molecule has 0 radical (unpaired) electrons. The number of hydrogen-bond donors (Lipinski definition) is 1. The Labute approximate surface area is 109 Å². The fourth-order valence-electron chi connectivity index (χ4n) is 1.86. The first-order valence-electron chi connectivity index (χ1n) is 5.52. The maximum absolute atomic E-state index is 5.53. The molecule has 0 bridgehead atoms. The lowest BCUT2D eigenvalue weighted by Gasteiger charge is -2.14. The van der Waals surface area contributed by atoms with E-state index in [9.17, 15) is 0 Å². The van der Waals surface area contributed by atoms with Gasteiger partial charge in [-0.05, 0) is 54.9 Å². The summed E-state index contributed by atoms with van der Waals surface area (Å²) >= 11 is 3.47. The van der Waals surface area contributed by atoms with Gasteiger partial charge in [-0.25, -0.2) is 4.98 Å². The van der Waals surface area contributed by atoms with Crippen molar-refractivity contribution >= 4 is 21.7 Å². The summed E-state index contributed by atoms with van der Waals surface area (Å²) in [5, 5.41) is 3.36. The second-order valence-corrected chi connectivity index (χ2v) is 4.92. The van der Waals surface area contributed by atoms with Crippen LogP contribution in [0.3, 0.4) is 0 Å². The van der Waals surface area contributed by atoms with Crippen LogP contribution in [0.25, 0.3) is 0 Å². The molecule has 0 aromatic carbocycles. The zero-order chi connectivity index (χ0) is 12.4. The number of aryl methyl sites for hydroxylation is 2. The van der Waals surface area contributed by atoms with Gasteiger partial charge in [0.05, 0.1) is 10.5 Å². The third-order valence-corrected chi connectivity index (χ3v) is 3.30.